The van der Waals surface area contributed by atoms with Gasteiger partial charge in [0, 0.05) is 0 Å². The van der Waals surface area contributed by atoms with E-state index in [1.165, 1.54) is 93.3 Å². The Morgan fingerprint density at radius 3 is 1.12 bits per heavy atom. The largest absolute Gasteiger partial charge is 0.168 e. The molecule has 0 saturated heterocycles. The zero-order chi connectivity index (χ0) is 35.4. The van der Waals surface area contributed by atoms with E-state index in [1.807, 2.05) is 0 Å². The molecule has 2 N–H and O–H groups in total. The van der Waals surface area contributed by atoms with Crippen LogP contribution in [0.1, 0.15) is 11.1 Å². The molecule has 0 unspecified atom stereocenters. The SMILES string of the molecule is Oc1ccc(F)cc1.Oc1ccc(F)cc1.[Zr+2]=[Si](Cc1ccccc1)Cc1ccccc1.c1ccc2[cH-]ccc2c1.c1ccc2[cH-]ccc2c1. The maximum Gasteiger partial charge on any atom is -0.0809 e. The van der Waals surface area contributed by atoms with Crippen molar-refractivity contribution in [3.05, 3.63) is 217 Å². The first-order chi connectivity index (χ1) is 24.4. The third kappa shape index (κ3) is 14.3. The molecular weight excluding hydrogens is 718 g/mol. The van der Waals surface area contributed by atoms with Crippen LogP contribution in [0.15, 0.2) is 194 Å². The standard InChI is InChI=1S/C14H14Si.2C9H7.2C6H5FO.Zr/c1-3-7-13(8-4-1)11-15-12-14-9-5-2-6-10-14;2*1-2-5-9-7-3-6-8(9)4-1;2*7-5-1-3-6(8)4-2-5;/h1-10H,11-12H2;2*1-7H;2*1-4,8H;/q;2*-1;;;+2. The number of hydrogen-bond donors (Lipinski definition) is 2. The summed E-state index contributed by atoms with van der Waals surface area (Å²) in [5.74, 6) is -0.483. The number of hydrogen-bond acceptors (Lipinski definition) is 2. The minimum Gasteiger partial charge on any atom is -0.168 e. The number of benzene rings is 6. The van der Waals surface area contributed by atoms with E-state index in [-0.39, 0.29) is 28.6 Å². The van der Waals surface area contributed by atoms with Crippen molar-refractivity contribution in [3.63, 3.8) is 0 Å². The van der Waals surface area contributed by atoms with Crippen molar-refractivity contribution in [3.8, 4) is 11.5 Å². The Kier molecular flexibility index (Phi) is 16.1. The van der Waals surface area contributed by atoms with Gasteiger partial charge in [0.25, 0.3) is 0 Å². The maximum atomic E-state index is 12.0. The normalized spacial score (nSPS) is 9.84. The first-order valence-electron chi connectivity index (χ1n) is 16.1. The van der Waals surface area contributed by atoms with Gasteiger partial charge in [0.2, 0.25) is 0 Å². The molecule has 0 aromatic heterocycles. The molecule has 8 aromatic rings. The Morgan fingerprint density at radius 2 is 0.780 bits per heavy atom. The molecule has 0 spiro atoms. The van der Waals surface area contributed by atoms with E-state index in [2.05, 4.69) is 146 Å². The van der Waals surface area contributed by atoms with Crippen LogP contribution in [0.2, 0.25) is 0 Å². The molecule has 0 aliphatic carbocycles. The molecule has 0 heterocycles. The van der Waals surface area contributed by atoms with Gasteiger partial charge in [-0.05, 0) is 48.5 Å². The number of aromatic hydroxyl groups is 2. The Balaban J connectivity index is 0.000000145. The van der Waals surface area contributed by atoms with Gasteiger partial charge in [0.1, 0.15) is 23.1 Å². The molecule has 248 valence electrons. The first-order valence-corrected chi connectivity index (χ1v) is 21.7. The average Bonchev–Trinajstić information content (AvgIpc) is 3.83. The zero-order valence-corrected chi connectivity index (χ0v) is 31.0. The van der Waals surface area contributed by atoms with Crippen molar-refractivity contribution in [1.82, 2.24) is 0 Å². The summed E-state index contributed by atoms with van der Waals surface area (Å²) in [6.07, 6.45) is 0. The maximum absolute atomic E-state index is 12.0. The zero-order valence-electron chi connectivity index (χ0n) is 27.5. The fraction of sp³-hybridized carbons (Fsp3) is 0.0455. The summed E-state index contributed by atoms with van der Waals surface area (Å²) in [7, 11) is 0. The number of fused-ring (bicyclic) bond motifs is 2. The van der Waals surface area contributed by atoms with Crippen LogP contribution < -0.4 is 0 Å². The van der Waals surface area contributed by atoms with E-state index in [1.54, 1.807) is 23.3 Å². The van der Waals surface area contributed by atoms with E-state index in [4.69, 9.17) is 10.2 Å². The molecule has 0 aliphatic heterocycles. The minimum absolute atomic E-state index is 0.0893. The minimum atomic E-state index is -0.331. The van der Waals surface area contributed by atoms with Crippen molar-refractivity contribution in [2.75, 3.05) is 0 Å². The third-order valence-electron chi connectivity index (χ3n) is 7.27. The van der Waals surface area contributed by atoms with Crippen molar-refractivity contribution >= 4 is 27.0 Å². The second-order valence-electron chi connectivity index (χ2n) is 11.2. The fourth-order valence-corrected chi connectivity index (χ4v) is 9.36. The molecule has 0 aliphatic rings. The smallest absolute Gasteiger partial charge is 0.0809 e. The van der Waals surface area contributed by atoms with E-state index in [0.717, 1.165) is 0 Å². The van der Waals surface area contributed by atoms with Gasteiger partial charge in [-0.15, -0.1) is 59.3 Å². The Labute approximate surface area is 308 Å². The van der Waals surface area contributed by atoms with Gasteiger partial charge in [-0.3, -0.25) is 0 Å². The van der Waals surface area contributed by atoms with Crippen molar-refractivity contribution in [1.29, 1.82) is 0 Å². The molecule has 0 atom stereocenters. The molecule has 8 aromatic carbocycles. The van der Waals surface area contributed by atoms with Crippen molar-refractivity contribution in [2.45, 2.75) is 12.1 Å². The Hall–Kier alpha value is -4.90. The second kappa shape index (κ2) is 21.2. The van der Waals surface area contributed by atoms with Gasteiger partial charge < -0.3 is 10.2 Å². The van der Waals surface area contributed by atoms with Gasteiger partial charge in [0.05, 0.1) is 0 Å². The van der Waals surface area contributed by atoms with Gasteiger partial charge in [0.15, 0.2) is 0 Å². The molecule has 2 nitrogen and oxygen atoms in total. The molecule has 0 saturated carbocycles. The predicted molar refractivity (Wildman–Crippen MR) is 201 cm³/mol. The second-order valence-corrected chi connectivity index (χ2v) is 18.3. The summed E-state index contributed by atoms with van der Waals surface area (Å²) in [5.41, 5.74) is 2.80. The summed E-state index contributed by atoms with van der Waals surface area (Å²) in [6.45, 7) is 0. The summed E-state index contributed by atoms with van der Waals surface area (Å²) in [6, 6.07) is 63.7. The van der Waals surface area contributed by atoms with Crippen LogP contribution in [0, 0.1) is 11.6 Å². The van der Waals surface area contributed by atoms with E-state index < -0.39 is 0 Å². The van der Waals surface area contributed by atoms with Gasteiger partial charge in [-0.1, -0.05) is 12.1 Å². The summed E-state index contributed by atoms with van der Waals surface area (Å²) in [4.78, 5) is 0. The van der Waals surface area contributed by atoms with Crippen LogP contribution >= 0.6 is 0 Å². The number of rotatable bonds is 4. The number of halogens is 2. The molecule has 0 fully saturated rings. The van der Waals surface area contributed by atoms with Crippen molar-refractivity contribution < 1.29 is 42.3 Å². The van der Waals surface area contributed by atoms with E-state index >= 15 is 0 Å². The summed E-state index contributed by atoms with van der Waals surface area (Å²) in [5, 5.41) is 22.5. The third-order valence-corrected chi connectivity index (χ3v) is 11.5. The first kappa shape index (κ1) is 37.9. The topological polar surface area (TPSA) is 40.5 Å². The molecule has 8 rings (SSSR count). The molecule has 6 heteroatoms. The van der Waals surface area contributed by atoms with Crippen LogP contribution in [0.5, 0.6) is 11.5 Å². The van der Waals surface area contributed by atoms with Crippen LogP contribution in [0.4, 0.5) is 8.78 Å². The average molecular weight is 756 g/mol. The van der Waals surface area contributed by atoms with Gasteiger partial charge in [-0.2, -0.15) is 35.0 Å². The summed E-state index contributed by atoms with van der Waals surface area (Å²) < 4.78 is 24.0. The van der Waals surface area contributed by atoms with Crippen molar-refractivity contribution in [2.24, 2.45) is 0 Å². The Morgan fingerprint density at radius 1 is 0.440 bits per heavy atom. The molecular formula is C44H38F2O2SiZr. The number of phenols is 2. The molecule has 0 amide bonds. The van der Waals surface area contributed by atoms with Crippen LogP contribution in [0.25, 0.3) is 21.5 Å². The van der Waals surface area contributed by atoms with E-state index in [0.29, 0.717) is 0 Å². The monoisotopic (exact) mass is 754 g/mol. The number of phenolic OH excluding ortho intramolecular Hbond substituents is 2. The fourth-order valence-electron chi connectivity index (χ4n) is 4.77. The molecule has 0 radical (unpaired) electrons. The van der Waals surface area contributed by atoms with Gasteiger partial charge >= 0.3 is 113 Å². The van der Waals surface area contributed by atoms with E-state index in [9.17, 15) is 8.78 Å². The molecule has 50 heavy (non-hydrogen) atoms. The summed E-state index contributed by atoms with van der Waals surface area (Å²) >= 11 is 1.73. The van der Waals surface area contributed by atoms with Crippen LogP contribution in [0.3, 0.4) is 0 Å². The van der Waals surface area contributed by atoms with Gasteiger partial charge in [-0.25, -0.2) is 8.78 Å². The van der Waals surface area contributed by atoms with Crippen LogP contribution in [-0.2, 0) is 35.4 Å². The van der Waals surface area contributed by atoms with Crippen LogP contribution in [-0.4, -0.2) is 15.6 Å². The Bertz CT molecular complexity index is 1850. The quantitative estimate of drug-likeness (QED) is 0.139. The predicted octanol–water partition coefficient (Wildman–Crippen LogP) is 11.3. The molecule has 0 bridgehead atoms.